The molecule has 0 saturated carbocycles. The third-order valence-electron chi connectivity index (χ3n) is 2.96. The van der Waals surface area contributed by atoms with Gasteiger partial charge in [-0.2, -0.15) is 0 Å². The molecule has 78 valence electrons. The number of rotatable bonds is 0. The van der Waals surface area contributed by atoms with Gasteiger partial charge >= 0.3 is 0 Å². The number of ketones is 1. The molecule has 0 amide bonds. The number of allylic oxidation sites excluding steroid dienone is 1. The molecule has 14 heavy (non-hydrogen) atoms. The van der Waals surface area contributed by atoms with E-state index in [1.807, 2.05) is 27.7 Å². The van der Waals surface area contributed by atoms with Crippen LogP contribution in [0, 0.1) is 5.41 Å². The zero-order valence-electron chi connectivity index (χ0n) is 9.09. The van der Waals surface area contributed by atoms with Crippen LogP contribution in [-0.2, 0) is 14.3 Å². The molecular formula is C11H16O3. The zero-order valence-corrected chi connectivity index (χ0v) is 9.09. The van der Waals surface area contributed by atoms with E-state index < -0.39 is 0 Å². The van der Waals surface area contributed by atoms with Crippen molar-refractivity contribution in [3.63, 3.8) is 0 Å². The van der Waals surface area contributed by atoms with Crippen molar-refractivity contribution in [2.75, 3.05) is 0 Å². The first-order valence-corrected chi connectivity index (χ1v) is 4.99. The number of Topliss-reactive ketones (excluding diaryl/α,β-unsaturated/α-hetero) is 1. The normalized spacial score (nSPS) is 35.6. The van der Waals surface area contributed by atoms with E-state index in [9.17, 15) is 4.79 Å². The van der Waals surface area contributed by atoms with Gasteiger partial charge in [0.1, 0.15) is 11.9 Å². The second-order valence-electron chi connectivity index (χ2n) is 4.72. The highest BCUT2D eigenvalue weighted by atomic mass is 16.7. The molecule has 2 rings (SSSR count). The van der Waals surface area contributed by atoms with Crippen molar-refractivity contribution >= 4 is 5.78 Å². The second kappa shape index (κ2) is 2.83. The van der Waals surface area contributed by atoms with E-state index in [1.54, 1.807) is 0 Å². The van der Waals surface area contributed by atoms with Gasteiger partial charge in [0.25, 0.3) is 0 Å². The Morgan fingerprint density at radius 3 is 2.71 bits per heavy atom. The SMILES string of the molecule is CC1=C2O[C@@H](C)O[C@H]2CC(C)(C)C1=O. The van der Waals surface area contributed by atoms with Crippen LogP contribution in [-0.4, -0.2) is 18.2 Å². The molecule has 0 radical (unpaired) electrons. The molecule has 0 aromatic rings. The first-order valence-electron chi connectivity index (χ1n) is 4.99. The van der Waals surface area contributed by atoms with E-state index in [1.165, 1.54) is 0 Å². The highest BCUT2D eigenvalue weighted by molar-refractivity contribution is 6.00. The molecule has 0 unspecified atom stereocenters. The summed E-state index contributed by atoms with van der Waals surface area (Å²) < 4.78 is 11.1. The molecule has 2 atom stereocenters. The number of hydrogen-bond donors (Lipinski definition) is 0. The van der Waals surface area contributed by atoms with Gasteiger partial charge in [0.05, 0.1) is 0 Å². The summed E-state index contributed by atoms with van der Waals surface area (Å²) in [6.07, 6.45) is 0.493. The predicted octanol–water partition coefficient (Wildman–Crippen LogP) is 2.02. The lowest BCUT2D eigenvalue weighted by Gasteiger charge is -2.30. The van der Waals surface area contributed by atoms with Crippen LogP contribution in [0.3, 0.4) is 0 Å². The Morgan fingerprint density at radius 1 is 1.43 bits per heavy atom. The fourth-order valence-corrected chi connectivity index (χ4v) is 2.22. The number of hydrogen-bond acceptors (Lipinski definition) is 3. The van der Waals surface area contributed by atoms with Gasteiger partial charge in [0.2, 0.25) is 0 Å². The zero-order chi connectivity index (χ0) is 10.5. The lowest BCUT2D eigenvalue weighted by atomic mass is 9.74. The molecule has 0 aromatic heterocycles. The Balaban J connectivity index is 2.40. The van der Waals surface area contributed by atoms with Crippen LogP contribution >= 0.6 is 0 Å². The average Bonchev–Trinajstić information content (AvgIpc) is 2.41. The first-order chi connectivity index (χ1) is 6.42. The first kappa shape index (κ1) is 9.71. The lowest BCUT2D eigenvalue weighted by molar-refractivity contribution is -0.126. The van der Waals surface area contributed by atoms with Gasteiger partial charge in [0, 0.05) is 11.0 Å². The van der Waals surface area contributed by atoms with Crippen molar-refractivity contribution < 1.29 is 14.3 Å². The minimum atomic E-state index is -0.314. The van der Waals surface area contributed by atoms with Crippen LogP contribution in [0.1, 0.15) is 34.1 Å². The Labute approximate surface area is 84.1 Å². The van der Waals surface area contributed by atoms with E-state index >= 15 is 0 Å². The number of ether oxygens (including phenoxy) is 2. The molecule has 1 heterocycles. The van der Waals surface area contributed by atoms with Gasteiger partial charge in [-0.3, -0.25) is 4.79 Å². The van der Waals surface area contributed by atoms with E-state index in [2.05, 4.69) is 0 Å². The molecule has 2 aliphatic rings. The predicted molar refractivity (Wildman–Crippen MR) is 51.5 cm³/mol. The standard InChI is InChI=1S/C11H16O3/c1-6-9-8(13-7(2)14-9)5-11(3,4)10(6)12/h7-8H,5H2,1-4H3/t7-,8-/m0/s1. The summed E-state index contributed by atoms with van der Waals surface area (Å²) in [5.74, 6) is 0.934. The monoisotopic (exact) mass is 196 g/mol. The molecular weight excluding hydrogens is 180 g/mol. The summed E-state index contributed by atoms with van der Waals surface area (Å²) in [5.41, 5.74) is 0.418. The van der Waals surface area contributed by atoms with Crippen LogP contribution in [0.5, 0.6) is 0 Å². The molecule has 0 N–H and O–H groups in total. The Kier molecular flexibility index (Phi) is 1.96. The summed E-state index contributed by atoms with van der Waals surface area (Å²) in [4.78, 5) is 11.9. The summed E-state index contributed by atoms with van der Waals surface area (Å²) in [6, 6.07) is 0. The quantitative estimate of drug-likeness (QED) is 0.594. The maximum atomic E-state index is 11.9. The molecule has 0 spiro atoms. The number of carbonyl (C=O) groups excluding carboxylic acids is 1. The fraction of sp³-hybridized carbons (Fsp3) is 0.727. The van der Waals surface area contributed by atoms with Crippen molar-refractivity contribution in [1.29, 1.82) is 0 Å². The molecule has 1 aliphatic heterocycles. The number of fused-ring (bicyclic) bond motifs is 1. The molecule has 1 saturated heterocycles. The van der Waals surface area contributed by atoms with Crippen LogP contribution in [0.2, 0.25) is 0 Å². The summed E-state index contributed by atoms with van der Waals surface area (Å²) >= 11 is 0. The maximum absolute atomic E-state index is 11.9. The highest BCUT2D eigenvalue weighted by Gasteiger charge is 2.44. The summed E-state index contributed by atoms with van der Waals surface area (Å²) in [7, 11) is 0. The second-order valence-corrected chi connectivity index (χ2v) is 4.72. The Hall–Kier alpha value is -0.830. The molecule has 1 fully saturated rings. The van der Waals surface area contributed by atoms with E-state index in [0.717, 1.165) is 17.8 Å². The van der Waals surface area contributed by atoms with Gasteiger partial charge < -0.3 is 9.47 Å². The third-order valence-corrected chi connectivity index (χ3v) is 2.96. The van der Waals surface area contributed by atoms with Crippen LogP contribution in [0.4, 0.5) is 0 Å². The molecule has 3 heteroatoms. The molecule has 0 bridgehead atoms. The third kappa shape index (κ3) is 1.27. The Bertz CT molecular complexity index is 314. The van der Waals surface area contributed by atoms with Crippen molar-refractivity contribution in [2.24, 2.45) is 5.41 Å². The van der Waals surface area contributed by atoms with Gasteiger partial charge in [-0.15, -0.1) is 0 Å². The van der Waals surface area contributed by atoms with Crippen molar-refractivity contribution in [3.05, 3.63) is 11.3 Å². The largest absolute Gasteiger partial charge is 0.466 e. The van der Waals surface area contributed by atoms with Gasteiger partial charge in [-0.05, 0) is 20.3 Å². The minimum absolute atomic E-state index is 0.0160. The fourth-order valence-electron chi connectivity index (χ4n) is 2.22. The lowest BCUT2D eigenvalue weighted by Crippen LogP contribution is -2.35. The topological polar surface area (TPSA) is 35.5 Å². The van der Waals surface area contributed by atoms with Crippen LogP contribution < -0.4 is 0 Å². The maximum Gasteiger partial charge on any atom is 0.197 e. The number of carbonyl (C=O) groups is 1. The molecule has 3 nitrogen and oxygen atoms in total. The van der Waals surface area contributed by atoms with Crippen LogP contribution in [0.15, 0.2) is 11.3 Å². The van der Waals surface area contributed by atoms with E-state index in [0.29, 0.717) is 0 Å². The van der Waals surface area contributed by atoms with Crippen molar-refractivity contribution in [2.45, 2.75) is 46.5 Å². The molecule has 0 aromatic carbocycles. The van der Waals surface area contributed by atoms with Gasteiger partial charge in [-0.25, -0.2) is 0 Å². The van der Waals surface area contributed by atoms with E-state index in [4.69, 9.17) is 9.47 Å². The smallest absolute Gasteiger partial charge is 0.197 e. The van der Waals surface area contributed by atoms with Gasteiger partial charge in [-0.1, -0.05) is 13.8 Å². The minimum Gasteiger partial charge on any atom is -0.466 e. The van der Waals surface area contributed by atoms with E-state index in [-0.39, 0.29) is 23.6 Å². The summed E-state index contributed by atoms with van der Waals surface area (Å²) in [6.45, 7) is 7.60. The highest BCUT2D eigenvalue weighted by Crippen LogP contribution is 2.41. The average molecular weight is 196 g/mol. The Morgan fingerprint density at radius 2 is 2.07 bits per heavy atom. The van der Waals surface area contributed by atoms with Crippen LogP contribution in [0.25, 0.3) is 0 Å². The van der Waals surface area contributed by atoms with Crippen molar-refractivity contribution in [3.8, 4) is 0 Å². The molecule has 1 aliphatic carbocycles. The van der Waals surface area contributed by atoms with Gasteiger partial charge in [0.15, 0.2) is 12.1 Å². The van der Waals surface area contributed by atoms with Crippen molar-refractivity contribution in [1.82, 2.24) is 0 Å². The summed E-state index contributed by atoms with van der Waals surface area (Å²) in [5, 5.41) is 0.